The monoisotopic (exact) mass is 532 g/mol. The first-order valence-electron chi connectivity index (χ1n) is 13.0. The summed E-state index contributed by atoms with van der Waals surface area (Å²) in [6, 6.07) is 20.0. The molecule has 0 bridgehead atoms. The number of nitrogens with one attached hydrogen (secondary N) is 2. The minimum atomic E-state index is -3.69. The second-order valence-electron chi connectivity index (χ2n) is 10.1. The molecule has 1 aromatic heterocycles. The highest BCUT2D eigenvalue weighted by Crippen LogP contribution is 2.31. The predicted octanol–water partition coefficient (Wildman–Crippen LogP) is 3.59. The SMILES string of the molecule is Cc1cc(-c2ccc(S(=O)(=O)NC3CCC(C(=O)N4CC(=O)NC[C@@H]4c4ccccc4)CC3)cc2)ccn1. The molecule has 2 heterocycles. The van der Waals surface area contributed by atoms with Gasteiger partial charge in [-0.25, -0.2) is 13.1 Å². The zero-order chi connectivity index (χ0) is 26.7. The van der Waals surface area contributed by atoms with Crippen LogP contribution in [0.5, 0.6) is 0 Å². The Bertz CT molecular complexity index is 1400. The van der Waals surface area contributed by atoms with Crippen LogP contribution in [0.2, 0.25) is 0 Å². The summed E-state index contributed by atoms with van der Waals surface area (Å²) >= 11 is 0. The number of hydrogen-bond donors (Lipinski definition) is 2. The van der Waals surface area contributed by atoms with E-state index in [-0.39, 0.29) is 41.3 Å². The summed E-state index contributed by atoms with van der Waals surface area (Å²) in [7, 11) is -3.69. The lowest BCUT2D eigenvalue weighted by Gasteiger charge is -2.39. The highest BCUT2D eigenvalue weighted by molar-refractivity contribution is 7.89. The van der Waals surface area contributed by atoms with Gasteiger partial charge in [0.1, 0.15) is 6.54 Å². The molecule has 38 heavy (non-hydrogen) atoms. The molecule has 1 atom stereocenters. The molecule has 1 aliphatic carbocycles. The molecule has 8 nitrogen and oxygen atoms in total. The molecule has 0 unspecified atom stereocenters. The van der Waals surface area contributed by atoms with Gasteiger partial charge in [0.15, 0.2) is 0 Å². The van der Waals surface area contributed by atoms with Gasteiger partial charge < -0.3 is 10.2 Å². The molecule has 198 valence electrons. The molecule has 1 aliphatic heterocycles. The third-order valence-corrected chi connectivity index (χ3v) is 8.98. The number of aryl methyl sites for hydroxylation is 1. The van der Waals surface area contributed by atoms with Gasteiger partial charge >= 0.3 is 0 Å². The second-order valence-corrected chi connectivity index (χ2v) is 11.8. The number of rotatable bonds is 6. The summed E-state index contributed by atoms with van der Waals surface area (Å²) in [6.45, 7) is 2.35. The Hall–Kier alpha value is -3.56. The highest BCUT2D eigenvalue weighted by Gasteiger charge is 2.37. The Morgan fingerprint density at radius 1 is 0.974 bits per heavy atom. The Labute approximate surface area is 223 Å². The van der Waals surface area contributed by atoms with E-state index in [0.717, 1.165) is 22.4 Å². The first kappa shape index (κ1) is 26.1. The van der Waals surface area contributed by atoms with Crippen molar-refractivity contribution in [2.24, 2.45) is 5.92 Å². The largest absolute Gasteiger partial charge is 0.352 e. The third kappa shape index (κ3) is 5.79. The van der Waals surface area contributed by atoms with E-state index in [1.807, 2.05) is 49.4 Å². The fourth-order valence-electron chi connectivity index (χ4n) is 5.38. The summed E-state index contributed by atoms with van der Waals surface area (Å²) < 4.78 is 29.0. The smallest absolute Gasteiger partial charge is 0.240 e. The predicted molar refractivity (Wildman–Crippen MR) is 144 cm³/mol. The number of pyridine rings is 1. The maximum Gasteiger partial charge on any atom is 0.240 e. The van der Waals surface area contributed by atoms with Crippen LogP contribution in [-0.4, -0.2) is 49.2 Å². The van der Waals surface area contributed by atoms with Gasteiger partial charge in [-0.3, -0.25) is 14.6 Å². The fraction of sp³-hybridized carbons (Fsp3) is 0.345. The van der Waals surface area contributed by atoms with E-state index in [1.54, 1.807) is 35.4 Å². The topological polar surface area (TPSA) is 108 Å². The van der Waals surface area contributed by atoms with Gasteiger partial charge in [0.2, 0.25) is 21.8 Å². The molecular weight excluding hydrogens is 500 g/mol. The van der Waals surface area contributed by atoms with E-state index >= 15 is 0 Å². The van der Waals surface area contributed by atoms with Crippen LogP contribution in [-0.2, 0) is 19.6 Å². The Morgan fingerprint density at radius 3 is 2.37 bits per heavy atom. The molecule has 9 heteroatoms. The van der Waals surface area contributed by atoms with Crippen molar-refractivity contribution in [2.75, 3.05) is 13.1 Å². The van der Waals surface area contributed by atoms with Crippen molar-refractivity contribution >= 4 is 21.8 Å². The molecule has 0 radical (unpaired) electrons. The Balaban J connectivity index is 1.20. The maximum absolute atomic E-state index is 13.5. The first-order valence-corrected chi connectivity index (χ1v) is 14.5. The van der Waals surface area contributed by atoms with Crippen molar-refractivity contribution < 1.29 is 18.0 Å². The van der Waals surface area contributed by atoms with Crippen LogP contribution in [0.15, 0.2) is 77.8 Å². The van der Waals surface area contributed by atoms with Crippen molar-refractivity contribution in [1.29, 1.82) is 0 Å². The number of aromatic nitrogens is 1. The van der Waals surface area contributed by atoms with E-state index < -0.39 is 10.0 Å². The molecule has 2 amide bonds. The highest BCUT2D eigenvalue weighted by atomic mass is 32.2. The third-order valence-electron chi connectivity index (χ3n) is 7.44. The lowest BCUT2D eigenvalue weighted by Crippen LogP contribution is -2.54. The molecule has 2 aliphatic rings. The van der Waals surface area contributed by atoms with Crippen LogP contribution in [0, 0.1) is 12.8 Å². The van der Waals surface area contributed by atoms with Gasteiger partial charge in [-0.1, -0.05) is 42.5 Å². The molecule has 1 saturated heterocycles. The van der Waals surface area contributed by atoms with Crippen LogP contribution in [0.25, 0.3) is 11.1 Å². The van der Waals surface area contributed by atoms with Crippen LogP contribution >= 0.6 is 0 Å². The van der Waals surface area contributed by atoms with Gasteiger partial charge in [0, 0.05) is 30.4 Å². The van der Waals surface area contributed by atoms with Gasteiger partial charge in [-0.2, -0.15) is 0 Å². The first-order chi connectivity index (χ1) is 18.3. The summed E-state index contributed by atoms with van der Waals surface area (Å²) in [5.41, 5.74) is 3.80. The summed E-state index contributed by atoms with van der Waals surface area (Å²) in [6.07, 6.45) is 4.03. The van der Waals surface area contributed by atoms with Gasteiger partial charge in [0.05, 0.1) is 10.9 Å². The number of carbonyl (C=O) groups is 2. The zero-order valence-corrected chi connectivity index (χ0v) is 22.2. The summed E-state index contributed by atoms with van der Waals surface area (Å²) in [5.74, 6) is -0.412. The Kier molecular flexibility index (Phi) is 7.58. The normalized spacial score (nSPS) is 22.1. The van der Waals surface area contributed by atoms with E-state index in [0.29, 0.717) is 32.2 Å². The molecule has 2 aromatic carbocycles. The maximum atomic E-state index is 13.5. The number of amides is 2. The minimum absolute atomic E-state index is 0.0306. The van der Waals surface area contributed by atoms with Gasteiger partial charge in [-0.15, -0.1) is 0 Å². The second kappa shape index (κ2) is 11.0. The van der Waals surface area contributed by atoms with Gasteiger partial charge in [0.25, 0.3) is 0 Å². The standard InChI is InChI=1S/C29H32N4O4S/c1-20-17-24(15-16-30-20)21-9-13-26(14-10-21)38(36,37)32-25-11-7-23(8-12-25)29(35)33-19-28(34)31-18-27(33)22-5-3-2-4-6-22/h2-6,9-10,13-17,23,25,27,32H,7-8,11-12,18-19H2,1H3,(H,31,34)/t23?,25?,27-/m1/s1. The number of carbonyl (C=O) groups excluding carboxylic acids is 2. The Morgan fingerprint density at radius 2 is 1.68 bits per heavy atom. The number of piperazine rings is 1. The molecule has 2 fully saturated rings. The van der Waals surface area contributed by atoms with Crippen molar-refractivity contribution in [3.8, 4) is 11.1 Å². The minimum Gasteiger partial charge on any atom is -0.352 e. The lowest BCUT2D eigenvalue weighted by atomic mass is 9.85. The van der Waals surface area contributed by atoms with Gasteiger partial charge in [-0.05, 0) is 73.6 Å². The van der Waals surface area contributed by atoms with Crippen molar-refractivity contribution in [1.82, 2.24) is 19.9 Å². The van der Waals surface area contributed by atoms with E-state index in [1.165, 1.54) is 0 Å². The van der Waals surface area contributed by atoms with Crippen molar-refractivity contribution in [2.45, 2.75) is 49.6 Å². The molecule has 1 saturated carbocycles. The molecule has 3 aromatic rings. The van der Waals surface area contributed by atoms with Crippen molar-refractivity contribution in [3.05, 3.63) is 84.2 Å². The lowest BCUT2D eigenvalue weighted by molar-refractivity contribution is -0.145. The molecule has 2 N–H and O–H groups in total. The fourth-order valence-corrected chi connectivity index (χ4v) is 6.68. The van der Waals surface area contributed by atoms with Crippen LogP contribution in [0.1, 0.15) is 43.0 Å². The van der Waals surface area contributed by atoms with E-state index in [9.17, 15) is 18.0 Å². The molecular formula is C29H32N4O4S. The summed E-state index contributed by atoms with van der Waals surface area (Å²) in [5, 5.41) is 2.87. The van der Waals surface area contributed by atoms with Crippen LogP contribution in [0.3, 0.4) is 0 Å². The zero-order valence-electron chi connectivity index (χ0n) is 21.3. The molecule has 5 rings (SSSR count). The van der Waals surface area contributed by atoms with Crippen molar-refractivity contribution in [3.63, 3.8) is 0 Å². The average molecular weight is 533 g/mol. The number of benzene rings is 2. The quantitative estimate of drug-likeness (QED) is 0.504. The summed E-state index contributed by atoms with van der Waals surface area (Å²) in [4.78, 5) is 31.7. The van der Waals surface area contributed by atoms with E-state index in [2.05, 4.69) is 15.0 Å². The number of nitrogens with zero attached hydrogens (tertiary/aromatic N) is 2. The number of hydrogen-bond acceptors (Lipinski definition) is 5. The average Bonchev–Trinajstić information content (AvgIpc) is 2.93. The van der Waals surface area contributed by atoms with Crippen LogP contribution in [0.4, 0.5) is 0 Å². The van der Waals surface area contributed by atoms with E-state index in [4.69, 9.17) is 0 Å². The van der Waals surface area contributed by atoms with Crippen LogP contribution < -0.4 is 10.0 Å². The molecule has 0 spiro atoms. The number of sulfonamides is 1.